The second-order valence-electron chi connectivity index (χ2n) is 6.90. The maximum atomic E-state index is 13.0. The average Bonchev–Trinajstić information content (AvgIpc) is 2.83. The SMILES string of the molecule is CS(=O)(=O)c1ccc(C(=O)N2C[C@H]3COC[C@@H]2CN(CC(=O)O)C3)cc1. The third-order valence-corrected chi connectivity index (χ3v) is 5.82. The van der Waals surface area contributed by atoms with Crippen molar-refractivity contribution in [1.29, 1.82) is 0 Å². The summed E-state index contributed by atoms with van der Waals surface area (Å²) in [4.78, 5) is 27.8. The Hall–Kier alpha value is -1.97. The number of carboxylic acids is 1. The Labute approximate surface area is 152 Å². The predicted molar refractivity (Wildman–Crippen MR) is 92.8 cm³/mol. The fourth-order valence-corrected chi connectivity index (χ4v) is 4.15. The molecule has 0 unspecified atom stereocenters. The molecule has 8 nitrogen and oxygen atoms in total. The number of rotatable bonds is 4. The maximum absolute atomic E-state index is 13.0. The Morgan fingerprint density at radius 1 is 1.15 bits per heavy atom. The molecule has 0 aromatic heterocycles. The van der Waals surface area contributed by atoms with Crippen LogP contribution in [-0.2, 0) is 19.4 Å². The van der Waals surface area contributed by atoms with Gasteiger partial charge in [-0.3, -0.25) is 14.5 Å². The number of hydrogen-bond donors (Lipinski definition) is 1. The van der Waals surface area contributed by atoms with Gasteiger partial charge < -0.3 is 14.7 Å². The summed E-state index contributed by atoms with van der Waals surface area (Å²) in [6.07, 6.45) is 1.12. The molecule has 2 aliphatic rings. The number of hydrogen-bond acceptors (Lipinski definition) is 6. The summed E-state index contributed by atoms with van der Waals surface area (Å²) >= 11 is 0. The van der Waals surface area contributed by atoms with E-state index in [1.165, 1.54) is 24.3 Å². The molecule has 2 atom stereocenters. The first kappa shape index (κ1) is 18.8. The molecule has 1 aromatic carbocycles. The zero-order valence-electron chi connectivity index (χ0n) is 14.5. The van der Waals surface area contributed by atoms with Crippen LogP contribution in [0.15, 0.2) is 29.2 Å². The normalized spacial score (nSPS) is 24.1. The fraction of sp³-hybridized carbons (Fsp3) is 0.529. The smallest absolute Gasteiger partial charge is 0.317 e. The zero-order valence-corrected chi connectivity index (χ0v) is 15.3. The van der Waals surface area contributed by atoms with E-state index in [4.69, 9.17) is 9.84 Å². The first-order chi connectivity index (χ1) is 12.2. The van der Waals surface area contributed by atoms with Crippen molar-refractivity contribution in [3.8, 4) is 0 Å². The highest BCUT2D eigenvalue weighted by atomic mass is 32.2. The molecule has 1 amide bonds. The molecule has 0 radical (unpaired) electrons. The molecule has 142 valence electrons. The van der Waals surface area contributed by atoms with Crippen LogP contribution in [0.1, 0.15) is 10.4 Å². The third kappa shape index (κ3) is 4.22. The van der Waals surface area contributed by atoms with Gasteiger partial charge in [0, 0.05) is 37.4 Å². The van der Waals surface area contributed by atoms with E-state index in [9.17, 15) is 18.0 Å². The molecule has 0 spiro atoms. The van der Waals surface area contributed by atoms with Crippen LogP contribution in [0.5, 0.6) is 0 Å². The lowest BCUT2D eigenvalue weighted by molar-refractivity contribution is -0.138. The van der Waals surface area contributed by atoms with Gasteiger partial charge in [-0.05, 0) is 24.3 Å². The Balaban J connectivity index is 1.81. The Morgan fingerprint density at radius 3 is 2.46 bits per heavy atom. The lowest BCUT2D eigenvalue weighted by Crippen LogP contribution is -2.47. The summed E-state index contributed by atoms with van der Waals surface area (Å²) in [6, 6.07) is 5.66. The van der Waals surface area contributed by atoms with Gasteiger partial charge in [0.25, 0.3) is 5.91 Å². The second kappa shape index (κ2) is 7.34. The number of carbonyl (C=O) groups is 2. The number of nitrogens with zero attached hydrogens (tertiary/aromatic N) is 2. The predicted octanol–water partition coefficient (Wildman–Crippen LogP) is -0.0525. The van der Waals surface area contributed by atoms with Crippen molar-refractivity contribution in [2.45, 2.75) is 10.9 Å². The molecule has 2 bridgehead atoms. The minimum absolute atomic E-state index is 0.0427. The van der Waals surface area contributed by atoms with Gasteiger partial charge in [-0.2, -0.15) is 0 Å². The van der Waals surface area contributed by atoms with Gasteiger partial charge in [0.15, 0.2) is 9.84 Å². The van der Waals surface area contributed by atoms with Crippen LogP contribution in [0.25, 0.3) is 0 Å². The Kier molecular flexibility index (Phi) is 5.31. The molecule has 3 rings (SSSR count). The summed E-state index contributed by atoms with van der Waals surface area (Å²) in [6.45, 7) is 2.30. The van der Waals surface area contributed by atoms with Crippen LogP contribution >= 0.6 is 0 Å². The number of benzene rings is 1. The van der Waals surface area contributed by atoms with Crippen LogP contribution in [0, 0.1) is 5.92 Å². The summed E-state index contributed by atoms with van der Waals surface area (Å²) in [7, 11) is -3.32. The number of ether oxygens (including phenoxy) is 1. The molecular formula is C17H22N2O6S. The summed E-state index contributed by atoms with van der Waals surface area (Å²) in [5, 5.41) is 9.06. The summed E-state index contributed by atoms with van der Waals surface area (Å²) < 4.78 is 28.8. The number of carbonyl (C=O) groups excluding carboxylic acids is 1. The molecule has 1 aromatic rings. The van der Waals surface area contributed by atoms with Gasteiger partial charge in [0.05, 0.1) is 30.7 Å². The van der Waals surface area contributed by atoms with Gasteiger partial charge in [-0.1, -0.05) is 0 Å². The van der Waals surface area contributed by atoms with E-state index < -0.39 is 15.8 Å². The van der Waals surface area contributed by atoms with Crippen LogP contribution in [0.4, 0.5) is 0 Å². The van der Waals surface area contributed by atoms with E-state index in [2.05, 4.69) is 0 Å². The van der Waals surface area contributed by atoms with Gasteiger partial charge in [-0.25, -0.2) is 8.42 Å². The first-order valence-electron chi connectivity index (χ1n) is 8.37. The van der Waals surface area contributed by atoms with Gasteiger partial charge in [-0.15, -0.1) is 0 Å². The lowest BCUT2D eigenvalue weighted by atomic mass is 10.1. The van der Waals surface area contributed by atoms with Crippen molar-refractivity contribution < 1.29 is 27.9 Å². The average molecular weight is 382 g/mol. The molecular weight excluding hydrogens is 360 g/mol. The van der Waals surface area contributed by atoms with Crippen molar-refractivity contribution >= 4 is 21.7 Å². The van der Waals surface area contributed by atoms with Crippen molar-refractivity contribution in [3.05, 3.63) is 29.8 Å². The topological polar surface area (TPSA) is 104 Å². The van der Waals surface area contributed by atoms with Crippen LogP contribution in [0.2, 0.25) is 0 Å². The Bertz CT molecular complexity index is 792. The highest BCUT2D eigenvalue weighted by Crippen LogP contribution is 2.22. The van der Waals surface area contributed by atoms with Gasteiger partial charge in [0.1, 0.15) is 0 Å². The molecule has 26 heavy (non-hydrogen) atoms. The van der Waals surface area contributed by atoms with E-state index in [-0.39, 0.29) is 29.3 Å². The fourth-order valence-electron chi connectivity index (χ4n) is 3.52. The molecule has 2 fully saturated rings. The maximum Gasteiger partial charge on any atom is 0.317 e. The highest BCUT2D eigenvalue weighted by Gasteiger charge is 2.36. The van der Waals surface area contributed by atoms with Gasteiger partial charge >= 0.3 is 5.97 Å². The number of aliphatic carboxylic acids is 1. The van der Waals surface area contributed by atoms with Crippen molar-refractivity contribution in [2.24, 2.45) is 5.92 Å². The van der Waals surface area contributed by atoms with E-state index in [0.717, 1.165) is 6.26 Å². The quantitative estimate of drug-likeness (QED) is 0.778. The number of sulfone groups is 1. The standard InChI is InChI=1S/C17H22N2O6S/c1-26(23,24)15-4-2-13(3-5-15)17(22)19-7-12-6-18(9-16(20)21)8-14(19)11-25-10-12/h2-5,12,14H,6-11H2,1H3,(H,20,21)/t12-,14-/m0/s1. The van der Waals surface area contributed by atoms with Crippen LogP contribution in [-0.4, -0.2) is 86.9 Å². The molecule has 0 saturated carbocycles. The monoisotopic (exact) mass is 382 g/mol. The Morgan fingerprint density at radius 2 is 1.85 bits per heavy atom. The minimum Gasteiger partial charge on any atom is -0.480 e. The van der Waals surface area contributed by atoms with E-state index >= 15 is 0 Å². The van der Waals surface area contributed by atoms with Crippen molar-refractivity contribution in [1.82, 2.24) is 9.80 Å². The van der Waals surface area contributed by atoms with Crippen LogP contribution in [0.3, 0.4) is 0 Å². The van der Waals surface area contributed by atoms with Crippen molar-refractivity contribution in [2.75, 3.05) is 45.6 Å². The number of amides is 1. The molecule has 0 aliphatic carbocycles. The molecule has 2 heterocycles. The largest absolute Gasteiger partial charge is 0.480 e. The van der Waals surface area contributed by atoms with E-state index in [1.54, 1.807) is 4.90 Å². The first-order valence-corrected chi connectivity index (χ1v) is 10.3. The van der Waals surface area contributed by atoms with Crippen LogP contribution < -0.4 is 0 Å². The minimum atomic E-state index is -3.32. The van der Waals surface area contributed by atoms with Gasteiger partial charge in [0.2, 0.25) is 0 Å². The molecule has 2 aliphatic heterocycles. The molecule has 9 heteroatoms. The number of fused-ring (bicyclic) bond motifs is 3. The number of carboxylic acid groups (broad SMARTS) is 1. The molecule has 1 N–H and O–H groups in total. The zero-order chi connectivity index (χ0) is 18.9. The summed E-state index contributed by atoms with van der Waals surface area (Å²) in [5.74, 6) is -1.04. The summed E-state index contributed by atoms with van der Waals surface area (Å²) in [5.41, 5.74) is 0.412. The van der Waals surface area contributed by atoms with E-state index in [0.29, 0.717) is 38.4 Å². The van der Waals surface area contributed by atoms with E-state index in [1.807, 2.05) is 4.90 Å². The highest BCUT2D eigenvalue weighted by molar-refractivity contribution is 7.90. The lowest BCUT2D eigenvalue weighted by Gasteiger charge is -2.30. The van der Waals surface area contributed by atoms with Crippen molar-refractivity contribution in [3.63, 3.8) is 0 Å². The second-order valence-corrected chi connectivity index (χ2v) is 8.91. The molecule has 2 saturated heterocycles. The third-order valence-electron chi connectivity index (χ3n) is 4.69.